The van der Waals surface area contributed by atoms with Crippen molar-refractivity contribution in [2.75, 3.05) is 0 Å². The second kappa shape index (κ2) is 6.49. The molecular weight excluding hydrogens is 371 g/mol. The molecular formula is C22H17FN4S. The molecule has 0 saturated heterocycles. The fourth-order valence-corrected chi connectivity index (χ4v) is 4.51. The van der Waals surface area contributed by atoms with Gasteiger partial charge in [0, 0.05) is 11.6 Å². The molecule has 0 saturated carbocycles. The number of benzene rings is 2. The van der Waals surface area contributed by atoms with E-state index in [2.05, 4.69) is 20.6 Å². The van der Waals surface area contributed by atoms with Gasteiger partial charge < -0.3 is 4.57 Å². The number of hydrogen-bond acceptors (Lipinski definition) is 4. The van der Waals surface area contributed by atoms with E-state index in [0.717, 1.165) is 43.9 Å². The van der Waals surface area contributed by atoms with Crippen LogP contribution in [0.5, 0.6) is 0 Å². The maximum atomic E-state index is 14.3. The maximum Gasteiger partial charge on any atom is 0.153 e. The number of rotatable bonds is 3. The molecule has 0 unspecified atom stereocenters. The molecule has 5 aromatic rings. The number of pyridine rings is 1. The summed E-state index contributed by atoms with van der Waals surface area (Å²) in [5, 5.41) is 0.868. The highest BCUT2D eigenvalue weighted by molar-refractivity contribution is 7.13. The number of fused-ring (bicyclic) bond motifs is 2. The number of hydrogen-bond donors (Lipinski definition) is 0. The third-order valence-corrected chi connectivity index (χ3v) is 5.99. The van der Waals surface area contributed by atoms with Crippen LogP contribution in [0.3, 0.4) is 0 Å². The van der Waals surface area contributed by atoms with Gasteiger partial charge in [0.15, 0.2) is 5.82 Å². The van der Waals surface area contributed by atoms with E-state index in [0.29, 0.717) is 12.1 Å². The lowest BCUT2D eigenvalue weighted by Gasteiger charge is -2.13. The van der Waals surface area contributed by atoms with Crippen molar-refractivity contribution in [3.63, 3.8) is 0 Å². The summed E-state index contributed by atoms with van der Waals surface area (Å²) in [4.78, 5) is 14.6. The van der Waals surface area contributed by atoms with Crippen molar-refractivity contribution in [1.82, 2.24) is 19.5 Å². The van der Waals surface area contributed by atoms with Crippen LogP contribution in [0.1, 0.15) is 16.8 Å². The Bertz CT molecular complexity index is 1340. The SMILES string of the molecule is Cc1ncsc1-c1nc2ccccc2n1Cc1ccnc2c(F)ccc(C)c12. The van der Waals surface area contributed by atoms with Gasteiger partial charge in [-0.3, -0.25) is 4.98 Å². The van der Waals surface area contributed by atoms with Crippen LogP contribution in [0.25, 0.3) is 32.6 Å². The fraction of sp³-hybridized carbons (Fsp3) is 0.136. The van der Waals surface area contributed by atoms with Crippen LogP contribution in [-0.2, 0) is 6.54 Å². The van der Waals surface area contributed by atoms with Gasteiger partial charge in [-0.1, -0.05) is 18.2 Å². The molecule has 28 heavy (non-hydrogen) atoms. The van der Waals surface area contributed by atoms with Crippen molar-refractivity contribution < 1.29 is 4.39 Å². The molecule has 0 fully saturated rings. The second-order valence-electron chi connectivity index (χ2n) is 6.84. The molecule has 4 nitrogen and oxygen atoms in total. The van der Waals surface area contributed by atoms with Crippen molar-refractivity contribution in [3.05, 3.63) is 76.8 Å². The first kappa shape index (κ1) is 17.0. The second-order valence-corrected chi connectivity index (χ2v) is 7.69. The first-order chi connectivity index (χ1) is 13.6. The Kier molecular flexibility index (Phi) is 3.94. The van der Waals surface area contributed by atoms with E-state index in [1.54, 1.807) is 17.5 Å². The Labute approximate surface area is 165 Å². The molecule has 6 heteroatoms. The quantitative estimate of drug-likeness (QED) is 0.409. The summed E-state index contributed by atoms with van der Waals surface area (Å²) in [6, 6.07) is 13.3. The van der Waals surface area contributed by atoms with Gasteiger partial charge in [-0.15, -0.1) is 11.3 Å². The summed E-state index contributed by atoms with van der Waals surface area (Å²) in [7, 11) is 0. The Morgan fingerprint density at radius 2 is 1.89 bits per heavy atom. The molecule has 3 heterocycles. The molecule has 0 spiro atoms. The zero-order valence-corrected chi connectivity index (χ0v) is 16.3. The van der Waals surface area contributed by atoms with Crippen LogP contribution in [-0.4, -0.2) is 19.5 Å². The van der Waals surface area contributed by atoms with E-state index < -0.39 is 0 Å². The molecule has 0 N–H and O–H groups in total. The summed E-state index contributed by atoms with van der Waals surface area (Å²) < 4.78 is 16.5. The average Bonchev–Trinajstić information content (AvgIpc) is 3.28. The number of halogens is 1. The Hall–Kier alpha value is -3.12. The minimum Gasteiger partial charge on any atom is -0.319 e. The number of para-hydroxylation sites is 2. The van der Waals surface area contributed by atoms with E-state index in [-0.39, 0.29) is 5.82 Å². The molecule has 3 aromatic heterocycles. The number of aromatic nitrogens is 4. The number of aryl methyl sites for hydroxylation is 2. The van der Waals surface area contributed by atoms with Crippen LogP contribution >= 0.6 is 11.3 Å². The predicted octanol–water partition coefficient (Wildman–Crippen LogP) is 5.51. The molecule has 2 aromatic carbocycles. The lowest BCUT2D eigenvalue weighted by molar-refractivity contribution is 0.636. The minimum atomic E-state index is -0.295. The van der Waals surface area contributed by atoms with Gasteiger partial charge in [-0.25, -0.2) is 14.4 Å². The highest BCUT2D eigenvalue weighted by Gasteiger charge is 2.18. The van der Waals surface area contributed by atoms with Crippen molar-refractivity contribution in [2.45, 2.75) is 20.4 Å². The normalized spacial score (nSPS) is 11.5. The monoisotopic (exact) mass is 388 g/mol. The molecule has 0 atom stereocenters. The highest BCUT2D eigenvalue weighted by atomic mass is 32.1. The summed E-state index contributed by atoms with van der Waals surface area (Å²) in [5.41, 5.74) is 7.24. The van der Waals surface area contributed by atoms with Gasteiger partial charge in [-0.05, 0) is 49.2 Å². The molecule has 0 amide bonds. The van der Waals surface area contributed by atoms with E-state index in [4.69, 9.17) is 4.98 Å². The Morgan fingerprint density at radius 3 is 2.71 bits per heavy atom. The minimum absolute atomic E-state index is 0.295. The van der Waals surface area contributed by atoms with Crippen LogP contribution in [0.15, 0.2) is 54.2 Å². The van der Waals surface area contributed by atoms with Crippen LogP contribution in [0, 0.1) is 19.7 Å². The molecule has 0 aliphatic carbocycles. The van der Waals surface area contributed by atoms with Gasteiger partial charge in [-0.2, -0.15) is 0 Å². The highest BCUT2D eigenvalue weighted by Crippen LogP contribution is 2.32. The van der Waals surface area contributed by atoms with Crippen molar-refractivity contribution in [2.24, 2.45) is 0 Å². The van der Waals surface area contributed by atoms with Gasteiger partial charge in [0.2, 0.25) is 0 Å². The molecule has 5 rings (SSSR count). The lowest BCUT2D eigenvalue weighted by atomic mass is 10.0. The smallest absolute Gasteiger partial charge is 0.153 e. The Balaban J connectivity index is 1.77. The van der Waals surface area contributed by atoms with E-state index >= 15 is 0 Å². The van der Waals surface area contributed by atoms with E-state index in [9.17, 15) is 4.39 Å². The standard InChI is InChI=1S/C22H17FN4S/c1-13-7-8-16(23)20-19(13)15(9-10-24-20)11-27-18-6-4-3-5-17(18)26-22(27)21-14(2)25-12-28-21/h3-10,12H,11H2,1-2H3. The van der Waals surface area contributed by atoms with Crippen molar-refractivity contribution in [3.8, 4) is 10.7 Å². The molecule has 0 bridgehead atoms. The number of thiazole rings is 1. The fourth-order valence-electron chi connectivity index (χ4n) is 3.71. The van der Waals surface area contributed by atoms with Gasteiger partial charge in [0.25, 0.3) is 0 Å². The van der Waals surface area contributed by atoms with Gasteiger partial charge >= 0.3 is 0 Å². The van der Waals surface area contributed by atoms with Crippen LogP contribution in [0.2, 0.25) is 0 Å². The predicted molar refractivity (Wildman–Crippen MR) is 111 cm³/mol. The average molecular weight is 388 g/mol. The first-order valence-corrected chi connectivity index (χ1v) is 9.90. The maximum absolute atomic E-state index is 14.3. The molecule has 0 aliphatic heterocycles. The van der Waals surface area contributed by atoms with Gasteiger partial charge in [0.1, 0.15) is 11.3 Å². The summed E-state index contributed by atoms with van der Waals surface area (Å²) >= 11 is 1.59. The van der Waals surface area contributed by atoms with E-state index in [1.807, 2.05) is 49.7 Å². The molecule has 0 aliphatic rings. The molecule has 138 valence electrons. The number of imidazole rings is 1. The largest absolute Gasteiger partial charge is 0.319 e. The molecule has 0 radical (unpaired) electrons. The van der Waals surface area contributed by atoms with Crippen molar-refractivity contribution in [1.29, 1.82) is 0 Å². The summed E-state index contributed by atoms with van der Waals surface area (Å²) in [6.07, 6.45) is 1.68. The van der Waals surface area contributed by atoms with Crippen LogP contribution in [0.4, 0.5) is 4.39 Å². The van der Waals surface area contributed by atoms with Crippen LogP contribution < -0.4 is 0 Å². The topological polar surface area (TPSA) is 43.6 Å². The summed E-state index contributed by atoms with van der Waals surface area (Å²) in [6.45, 7) is 4.57. The third kappa shape index (κ3) is 2.60. The van der Waals surface area contributed by atoms with Gasteiger partial charge in [0.05, 0.1) is 33.7 Å². The lowest BCUT2D eigenvalue weighted by Crippen LogP contribution is -2.04. The zero-order valence-electron chi connectivity index (χ0n) is 15.5. The zero-order chi connectivity index (χ0) is 19.3. The first-order valence-electron chi connectivity index (χ1n) is 9.02. The van der Waals surface area contributed by atoms with E-state index in [1.165, 1.54) is 6.07 Å². The Morgan fingerprint density at radius 1 is 1.04 bits per heavy atom. The third-order valence-electron chi connectivity index (χ3n) is 5.07. The number of nitrogens with zero attached hydrogens (tertiary/aromatic N) is 4. The van der Waals surface area contributed by atoms with Crippen molar-refractivity contribution >= 4 is 33.3 Å². The summed E-state index contributed by atoms with van der Waals surface area (Å²) in [5.74, 6) is 0.594.